The molecule has 4 heterocycles. The van der Waals surface area contributed by atoms with Gasteiger partial charge in [0, 0.05) is 80.2 Å². The average molecular weight is 609 g/mol. The van der Waals surface area contributed by atoms with Crippen LogP contribution in [-0.4, -0.2) is 94.7 Å². The van der Waals surface area contributed by atoms with Gasteiger partial charge >= 0.3 is 0 Å². The van der Waals surface area contributed by atoms with Crippen LogP contribution in [0.5, 0.6) is 0 Å². The van der Waals surface area contributed by atoms with Crippen molar-refractivity contribution in [2.75, 3.05) is 57.3 Å². The number of hydrogen-bond acceptors (Lipinski definition) is 6. The third kappa shape index (κ3) is 6.16. The molecule has 0 saturated carbocycles. The first kappa shape index (κ1) is 31.4. The molecule has 10 heteroatoms. The average Bonchev–Trinajstić information content (AvgIpc) is 3.35. The van der Waals surface area contributed by atoms with E-state index < -0.39 is 0 Å². The van der Waals surface area contributed by atoms with Crippen molar-refractivity contribution in [3.05, 3.63) is 52.1 Å². The molecule has 2 unspecified atom stereocenters. The van der Waals surface area contributed by atoms with Crippen LogP contribution in [0, 0.1) is 37.5 Å². The molecule has 2 atom stereocenters. The van der Waals surface area contributed by atoms with Crippen molar-refractivity contribution >= 4 is 35.0 Å². The molecule has 9 nitrogen and oxygen atoms in total. The number of benzene rings is 1. The molecule has 1 aromatic carbocycles. The van der Waals surface area contributed by atoms with Crippen LogP contribution in [0.25, 0.3) is 0 Å². The summed E-state index contributed by atoms with van der Waals surface area (Å²) in [5.74, 6) is 0.104. The van der Waals surface area contributed by atoms with Crippen LogP contribution in [-0.2, 0) is 9.59 Å². The molecule has 0 N–H and O–H groups in total. The van der Waals surface area contributed by atoms with Crippen LogP contribution in [0.1, 0.15) is 67.3 Å². The van der Waals surface area contributed by atoms with Gasteiger partial charge in [0.05, 0.1) is 17.0 Å². The summed E-state index contributed by atoms with van der Waals surface area (Å²) in [6, 6.07) is 5.85. The van der Waals surface area contributed by atoms with E-state index in [1.165, 1.54) is 6.33 Å². The maximum absolute atomic E-state index is 13.8. The zero-order valence-electron chi connectivity index (χ0n) is 26.5. The first-order valence-electron chi connectivity index (χ1n) is 15.4. The van der Waals surface area contributed by atoms with Crippen LogP contribution < -0.4 is 4.90 Å². The van der Waals surface area contributed by atoms with E-state index in [9.17, 15) is 14.4 Å². The lowest BCUT2D eigenvalue weighted by Gasteiger charge is -2.34. The van der Waals surface area contributed by atoms with E-state index in [-0.39, 0.29) is 34.5 Å². The number of nitrogens with zero attached hydrogens (tertiary/aromatic N) is 6. The molecule has 3 amide bonds. The van der Waals surface area contributed by atoms with Gasteiger partial charge < -0.3 is 19.6 Å². The molecule has 2 aromatic rings. The summed E-state index contributed by atoms with van der Waals surface area (Å²) in [5.41, 5.74) is 3.84. The minimum atomic E-state index is -0.106. The Kier molecular flexibility index (Phi) is 8.87. The Bertz CT molecular complexity index is 1370. The molecule has 0 spiro atoms. The molecule has 5 rings (SSSR count). The summed E-state index contributed by atoms with van der Waals surface area (Å²) < 4.78 is 0. The number of anilines is 1. The van der Waals surface area contributed by atoms with Gasteiger partial charge in [-0.05, 0) is 64.3 Å². The number of aryl methyl sites for hydroxylation is 3. The number of halogens is 1. The largest absolute Gasteiger partial charge is 0.343 e. The quantitative estimate of drug-likeness (QED) is 0.459. The number of aromatic nitrogens is 2. The predicted octanol–water partition coefficient (Wildman–Crippen LogP) is 4.52. The Labute approximate surface area is 260 Å². The predicted molar refractivity (Wildman–Crippen MR) is 168 cm³/mol. The fourth-order valence-electron chi connectivity index (χ4n) is 7.40. The number of carbonyl (C=O) groups is 3. The van der Waals surface area contributed by atoms with Crippen molar-refractivity contribution in [1.29, 1.82) is 0 Å². The molecule has 3 aliphatic heterocycles. The minimum absolute atomic E-state index is 0.0230. The molecule has 3 fully saturated rings. The molecule has 3 saturated heterocycles. The second-order valence-electron chi connectivity index (χ2n) is 13.5. The number of rotatable bonds is 7. The molecular formula is C33H45ClN6O3. The standard InChI is InChI=1S/C33H45ClN6O3/c1-22-8-9-27(16-28(22)34)40(30(42)26-10-14-38(15-11-26)25(4)41)13-7-12-37-17-32(5)19-39(20-33(32,6)18-37)31(43)29-23(2)35-21-36-24(29)3/h8-9,16,21,26H,7,10-15,17-20H2,1-6H3. The molecule has 1 aromatic heterocycles. The van der Waals surface area contributed by atoms with Gasteiger partial charge in [0.25, 0.3) is 5.91 Å². The fourth-order valence-corrected chi connectivity index (χ4v) is 7.57. The second kappa shape index (κ2) is 12.2. The lowest BCUT2D eigenvalue weighted by atomic mass is 9.71. The van der Waals surface area contributed by atoms with Gasteiger partial charge in [-0.25, -0.2) is 9.97 Å². The molecule has 0 radical (unpaired) electrons. The van der Waals surface area contributed by atoms with Crippen molar-refractivity contribution in [2.24, 2.45) is 16.7 Å². The van der Waals surface area contributed by atoms with E-state index in [0.717, 1.165) is 48.7 Å². The van der Waals surface area contributed by atoms with E-state index in [0.29, 0.717) is 56.2 Å². The summed E-state index contributed by atoms with van der Waals surface area (Å²) in [6.45, 7) is 17.8. The Balaban J connectivity index is 1.23. The van der Waals surface area contributed by atoms with Crippen molar-refractivity contribution in [1.82, 2.24) is 24.7 Å². The Hall–Kier alpha value is -3.04. The lowest BCUT2D eigenvalue weighted by Crippen LogP contribution is -2.44. The number of piperidine rings is 1. The van der Waals surface area contributed by atoms with E-state index in [2.05, 4.69) is 28.7 Å². The first-order chi connectivity index (χ1) is 20.3. The first-order valence-corrected chi connectivity index (χ1v) is 15.8. The van der Waals surface area contributed by atoms with Gasteiger partial charge in [0.1, 0.15) is 6.33 Å². The summed E-state index contributed by atoms with van der Waals surface area (Å²) >= 11 is 6.49. The fraction of sp³-hybridized carbons (Fsp3) is 0.606. The Morgan fingerprint density at radius 2 is 1.56 bits per heavy atom. The minimum Gasteiger partial charge on any atom is -0.343 e. The molecule has 0 aliphatic carbocycles. The van der Waals surface area contributed by atoms with Crippen LogP contribution in [0.4, 0.5) is 5.69 Å². The molecule has 43 heavy (non-hydrogen) atoms. The van der Waals surface area contributed by atoms with Gasteiger partial charge in [-0.1, -0.05) is 31.5 Å². The van der Waals surface area contributed by atoms with Crippen molar-refractivity contribution < 1.29 is 14.4 Å². The third-order valence-corrected chi connectivity index (χ3v) is 10.7. The number of amides is 3. The van der Waals surface area contributed by atoms with Crippen molar-refractivity contribution in [3.8, 4) is 0 Å². The van der Waals surface area contributed by atoms with E-state index in [1.54, 1.807) is 6.92 Å². The van der Waals surface area contributed by atoms with Crippen LogP contribution in [0.2, 0.25) is 5.02 Å². The number of hydrogen-bond donors (Lipinski definition) is 0. The maximum Gasteiger partial charge on any atom is 0.257 e. The van der Waals surface area contributed by atoms with Crippen LogP contribution in [0.15, 0.2) is 24.5 Å². The smallest absolute Gasteiger partial charge is 0.257 e. The van der Waals surface area contributed by atoms with Gasteiger partial charge in [-0.3, -0.25) is 14.4 Å². The topological polar surface area (TPSA) is 90.0 Å². The van der Waals surface area contributed by atoms with Crippen molar-refractivity contribution in [3.63, 3.8) is 0 Å². The lowest BCUT2D eigenvalue weighted by molar-refractivity contribution is -0.133. The Morgan fingerprint density at radius 1 is 0.953 bits per heavy atom. The van der Waals surface area contributed by atoms with Crippen LogP contribution in [0.3, 0.4) is 0 Å². The van der Waals surface area contributed by atoms with Crippen molar-refractivity contribution in [2.45, 2.75) is 60.8 Å². The van der Waals surface area contributed by atoms with Gasteiger partial charge in [-0.15, -0.1) is 0 Å². The zero-order valence-corrected chi connectivity index (χ0v) is 27.2. The monoisotopic (exact) mass is 608 g/mol. The molecule has 3 aliphatic rings. The van der Waals surface area contributed by atoms with Gasteiger partial charge in [0.15, 0.2) is 0 Å². The molecule has 232 valence electrons. The number of fused-ring (bicyclic) bond motifs is 1. The zero-order chi connectivity index (χ0) is 31.1. The van der Waals surface area contributed by atoms with Gasteiger partial charge in [-0.2, -0.15) is 0 Å². The highest BCUT2D eigenvalue weighted by Crippen LogP contribution is 2.51. The summed E-state index contributed by atoms with van der Waals surface area (Å²) in [4.78, 5) is 55.9. The normalized spacial score (nSPS) is 24.3. The Morgan fingerprint density at radius 3 is 2.12 bits per heavy atom. The number of likely N-dealkylation sites (tertiary alicyclic amines) is 3. The summed E-state index contributed by atoms with van der Waals surface area (Å²) in [6.07, 6.45) is 3.71. The molecule has 0 bridgehead atoms. The second-order valence-corrected chi connectivity index (χ2v) is 13.9. The number of carbonyl (C=O) groups excluding carboxylic acids is 3. The van der Waals surface area contributed by atoms with E-state index >= 15 is 0 Å². The highest BCUT2D eigenvalue weighted by Gasteiger charge is 2.58. The molecular weight excluding hydrogens is 564 g/mol. The summed E-state index contributed by atoms with van der Waals surface area (Å²) in [7, 11) is 0. The SMILES string of the molecule is CC(=O)N1CCC(C(=O)N(CCCN2CC3(C)CN(C(=O)c4c(C)ncnc4C)CC3(C)C2)c2ccc(C)c(Cl)c2)CC1. The van der Waals surface area contributed by atoms with E-state index in [1.807, 2.05) is 53.7 Å². The highest BCUT2D eigenvalue weighted by molar-refractivity contribution is 6.31. The van der Waals surface area contributed by atoms with Crippen LogP contribution >= 0.6 is 11.6 Å². The highest BCUT2D eigenvalue weighted by atomic mass is 35.5. The third-order valence-electron chi connectivity index (χ3n) is 10.3. The van der Waals surface area contributed by atoms with E-state index in [4.69, 9.17) is 11.6 Å². The maximum atomic E-state index is 13.8. The summed E-state index contributed by atoms with van der Waals surface area (Å²) in [5, 5.41) is 0.654. The van der Waals surface area contributed by atoms with Gasteiger partial charge in [0.2, 0.25) is 11.8 Å².